The molecule has 0 saturated heterocycles. The number of hydrogen-bond acceptors (Lipinski definition) is 3. The second-order valence-electron chi connectivity index (χ2n) is 4.79. The Kier molecular flexibility index (Phi) is 3.75. The van der Waals surface area contributed by atoms with Crippen molar-refractivity contribution in [2.75, 3.05) is 0 Å². The molecule has 0 aliphatic carbocycles. The van der Waals surface area contributed by atoms with Crippen molar-refractivity contribution in [3.63, 3.8) is 0 Å². The first-order valence-corrected chi connectivity index (χ1v) is 7.41. The number of alkyl halides is 1. The van der Waals surface area contributed by atoms with Crippen molar-refractivity contribution in [2.24, 2.45) is 0 Å². The van der Waals surface area contributed by atoms with E-state index in [-0.39, 0.29) is 10.7 Å². The van der Waals surface area contributed by atoms with Crippen LogP contribution in [0.1, 0.15) is 16.2 Å². The predicted molar refractivity (Wildman–Crippen MR) is 84.7 cm³/mol. The van der Waals surface area contributed by atoms with E-state index in [1.165, 1.54) is 16.8 Å². The number of rotatable bonds is 4. The van der Waals surface area contributed by atoms with Gasteiger partial charge in [-0.3, -0.25) is 10.1 Å². The zero-order chi connectivity index (χ0) is 14.8. The van der Waals surface area contributed by atoms with Crippen molar-refractivity contribution in [3.05, 3.63) is 76.0 Å². The van der Waals surface area contributed by atoms with E-state index in [0.29, 0.717) is 12.2 Å². The van der Waals surface area contributed by atoms with Gasteiger partial charge in [0.15, 0.2) is 0 Å². The summed E-state index contributed by atoms with van der Waals surface area (Å²) in [6, 6.07) is 17.4. The Morgan fingerprint density at radius 3 is 2.57 bits per heavy atom. The molecule has 0 radical (unpaired) electrons. The summed E-state index contributed by atoms with van der Waals surface area (Å²) in [6.45, 7) is 0. The molecule has 0 aliphatic rings. The molecule has 2 aromatic carbocycles. The summed E-state index contributed by atoms with van der Waals surface area (Å²) < 4.78 is 5.22. The minimum absolute atomic E-state index is 0.0904. The first kappa shape index (κ1) is 13.8. The maximum Gasteiger partial charge on any atom is 0.433 e. The quantitative estimate of drug-likeness (QED) is 0.379. The zero-order valence-corrected chi connectivity index (χ0v) is 12.6. The molecule has 0 bridgehead atoms. The normalized spacial score (nSPS) is 12.4. The highest BCUT2D eigenvalue weighted by atomic mass is 79.9. The fourth-order valence-electron chi connectivity index (χ4n) is 2.28. The molecular formula is C16H12BrNO3. The maximum absolute atomic E-state index is 10.6. The summed E-state index contributed by atoms with van der Waals surface area (Å²) in [5.74, 6) is 0.336. The second kappa shape index (κ2) is 5.69. The van der Waals surface area contributed by atoms with Crippen molar-refractivity contribution < 1.29 is 9.34 Å². The van der Waals surface area contributed by atoms with Gasteiger partial charge in [0.2, 0.25) is 0 Å². The van der Waals surface area contributed by atoms with Gasteiger partial charge >= 0.3 is 5.88 Å². The summed E-state index contributed by atoms with van der Waals surface area (Å²) in [7, 11) is 0. The van der Waals surface area contributed by atoms with Crippen molar-refractivity contribution in [3.8, 4) is 0 Å². The molecule has 21 heavy (non-hydrogen) atoms. The topological polar surface area (TPSA) is 56.3 Å². The molecule has 1 heterocycles. The minimum Gasteiger partial charge on any atom is -0.405 e. The molecule has 3 aromatic rings. The van der Waals surface area contributed by atoms with E-state index in [0.717, 1.165) is 5.56 Å². The van der Waals surface area contributed by atoms with E-state index >= 15 is 0 Å². The molecule has 0 N–H and O–H groups in total. The molecular weight excluding hydrogens is 334 g/mol. The fraction of sp³-hybridized carbons (Fsp3) is 0.125. The summed E-state index contributed by atoms with van der Waals surface area (Å²) >= 11 is 3.53. The number of nitrogens with zero attached hydrogens (tertiary/aromatic N) is 1. The molecule has 4 nitrogen and oxygen atoms in total. The van der Waals surface area contributed by atoms with E-state index in [9.17, 15) is 10.1 Å². The SMILES string of the molecule is O=[N+]([O-])c1ccc(C(Br)Cc2ccc3ccccc3c2)o1. The van der Waals surface area contributed by atoms with Crippen molar-refractivity contribution in [1.29, 1.82) is 0 Å². The molecule has 5 heteroatoms. The van der Waals surface area contributed by atoms with Gasteiger partial charge in [0, 0.05) is 0 Å². The van der Waals surface area contributed by atoms with E-state index in [2.05, 4.69) is 46.3 Å². The van der Waals surface area contributed by atoms with Gasteiger partial charge in [0.05, 0.1) is 10.9 Å². The zero-order valence-electron chi connectivity index (χ0n) is 11.0. The Hall–Kier alpha value is -2.14. The van der Waals surface area contributed by atoms with Crippen LogP contribution in [0.4, 0.5) is 5.88 Å². The number of benzene rings is 2. The molecule has 1 atom stereocenters. The van der Waals surface area contributed by atoms with E-state index < -0.39 is 4.92 Å². The largest absolute Gasteiger partial charge is 0.433 e. The first-order valence-electron chi connectivity index (χ1n) is 6.49. The van der Waals surface area contributed by atoms with Crippen molar-refractivity contribution in [2.45, 2.75) is 11.2 Å². The van der Waals surface area contributed by atoms with Gasteiger partial charge in [-0.1, -0.05) is 58.4 Å². The molecule has 0 spiro atoms. The third-order valence-corrected chi connectivity index (χ3v) is 4.11. The van der Waals surface area contributed by atoms with Crippen LogP contribution in [-0.4, -0.2) is 4.92 Å². The van der Waals surface area contributed by atoms with Crippen LogP contribution < -0.4 is 0 Å². The Bertz CT molecular complexity index is 797. The van der Waals surface area contributed by atoms with Gasteiger partial charge in [-0.25, -0.2) is 0 Å². The lowest BCUT2D eigenvalue weighted by atomic mass is 10.0. The molecule has 0 fully saturated rings. The monoisotopic (exact) mass is 345 g/mol. The van der Waals surface area contributed by atoms with Crippen molar-refractivity contribution in [1.82, 2.24) is 0 Å². The van der Waals surface area contributed by atoms with Gasteiger partial charge in [-0.2, -0.15) is 0 Å². The lowest BCUT2D eigenvalue weighted by molar-refractivity contribution is -0.402. The van der Waals surface area contributed by atoms with Gasteiger partial charge < -0.3 is 4.42 Å². The Labute approximate surface area is 129 Å². The third-order valence-electron chi connectivity index (χ3n) is 3.33. The van der Waals surface area contributed by atoms with Crippen LogP contribution in [0.3, 0.4) is 0 Å². The van der Waals surface area contributed by atoms with E-state index in [4.69, 9.17) is 4.42 Å². The van der Waals surface area contributed by atoms with E-state index in [1.54, 1.807) is 6.07 Å². The maximum atomic E-state index is 10.6. The minimum atomic E-state index is -0.529. The highest BCUT2D eigenvalue weighted by Crippen LogP contribution is 2.31. The number of hydrogen-bond donors (Lipinski definition) is 0. The average Bonchev–Trinajstić information content (AvgIpc) is 2.97. The molecule has 0 saturated carbocycles. The summed E-state index contributed by atoms with van der Waals surface area (Å²) in [5.41, 5.74) is 1.15. The van der Waals surface area contributed by atoms with Crippen LogP contribution in [-0.2, 0) is 6.42 Å². The van der Waals surface area contributed by atoms with Crippen LogP contribution in [0.15, 0.2) is 59.0 Å². The molecule has 1 unspecified atom stereocenters. The third kappa shape index (κ3) is 2.97. The van der Waals surface area contributed by atoms with E-state index in [1.807, 2.05) is 12.1 Å². The molecule has 0 aliphatic heterocycles. The van der Waals surface area contributed by atoms with Crippen LogP contribution in [0, 0.1) is 10.1 Å². The summed E-state index contributed by atoms with van der Waals surface area (Å²) in [6.07, 6.45) is 0.704. The average molecular weight is 346 g/mol. The number of nitro groups is 1. The van der Waals surface area contributed by atoms with Gasteiger partial charge in [-0.05, 0) is 28.8 Å². The highest BCUT2D eigenvalue weighted by Gasteiger charge is 2.18. The fourth-order valence-corrected chi connectivity index (χ4v) is 2.90. The molecule has 1 aromatic heterocycles. The number of halogens is 1. The molecule has 3 rings (SSSR count). The van der Waals surface area contributed by atoms with Crippen LogP contribution in [0.5, 0.6) is 0 Å². The predicted octanol–water partition coefficient (Wildman–Crippen LogP) is 5.02. The van der Waals surface area contributed by atoms with Gasteiger partial charge in [-0.15, -0.1) is 0 Å². The van der Waals surface area contributed by atoms with Crippen LogP contribution >= 0.6 is 15.9 Å². The van der Waals surface area contributed by atoms with Crippen LogP contribution in [0.25, 0.3) is 10.8 Å². The Morgan fingerprint density at radius 1 is 1.10 bits per heavy atom. The summed E-state index contributed by atoms with van der Waals surface area (Å²) in [5, 5.41) is 13.0. The second-order valence-corrected chi connectivity index (χ2v) is 5.89. The Morgan fingerprint density at radius 2 is 1.86 bits per heavy atom. The Balaban J connectivity index is 1.81. The lowest BCUT2D eigenvalue weighted by Gasteiger charge is -2.08. The lowest BCUT2D eigenvalue weighted by Crippen LogP contribution is -1.94. The molecule has 106 valence electrons. The summed E-state index contributed by atoms with van der Waals surface area (Å²) in [4.78, 5) is 10.0. The smallest absolute Gasteiger partial charge is 0.405 e. The first-order chi connectivity index (χ1) is 10.1. The number of furan rings is 1. The standard InChI is InChI=1S/C16H12BrNO3/c17-14(15-7-8-16(21-15)18(19)20)10-11-5-6-12-3-1-2-4-13(12)9-11/h1-9,14H,10H2. The highest BCUT2D eigenvalue weighted by molar-refractivity contribution is 9.09. The molecule has 0 amide bonds. The van der Waals surface area contributed by atoms with Crippen LogP contribution in [0.2, 0.25) is 0 Å². The van der Waals surface area contributed by atoms with Crippen molar-refractivity contribution >= 4 is 32.6 Å². The van der Waals surface area contributed by atoms with Gasteiger partial charge in [0.1, 0.15) is 10.7 Å². The van der Waals surface area contributed by atoms with Gasteiger partial charge in [0.25, 0.3) is 0 Å². The number of fused-ring (bicyclic) bond motifs is 1.